The van der Waals surface area contributed by atoms with Gasteiger partial charge in [-0.15, -0.1) is 0 Å². The van der Waals surface area contributed by atoms with Crippen LogP contribution in [-0.4, -0.2) is 27.4 Å². The van der Waals surface area contributed by atoms with Crippen LogP contribution in [0.25, 0.3) is 10.8 Å². The molecule has 4 saturated carbocycles. The number of nitrogens with zero attached hydrogens (tertiary/aromatic N) is 1. The Morgan fingerprint density at radius 2 is 2.03 bits per heavy atom. The lowest BCUT2D eigenvalue weighted by atomic mass is 9.55. The van der Waals surface area contributed by atoms with Crippen molar-refractivity contribution in [2.24, 2.45) is 29.1 Å². The summed E-state index contributed by atoms with van der Waals surface area (Å²) in [6.07, 6.45) is 16.9. The largest absolute Gasteiger partial charge is 0.393 e. The minimum atomic E-state index is -0.179. The van der Waals surface area contributed by atoms with Crippen LogP contribution in [0.15, 0.2) is 60.0 Å². The van der Waals surface area contributed by atoms with E-state index in [1.165, 1.54) is 41.2 Å². The van der Waals surface area contributed by atoms with E-state index in [0.717, 1.165) is 31.6 Å². The topological polar surface area (TPSA) is 42.4 Å². The molecule has 2 aliphatic heterocycles. The molecule has 1 aromatic carbocycles. The van der Waals surface area contributed by atoms with Gasteiger partial charge in [-0.05, 0) is 102 Å². The highest BCUT2D eigenvalue weighted by Gasteiger charge is 2.78. The molecule has 3 heteroatoms. The summed E-state index contributed by atoms with van der Waals surface area (Å²) in [7, 11) is 0. The normalized spacial score (nSPS) is 52.1. The van der Waals surface area contributed by atoms with Crippen LogP contribution in [0.1, 0.15) is 57.4 Å². The van der Waals surface area contributed by atoms with E-state index >= 15 is 0 Å². The first-order chi connectivity index (χ1) is 16.0. The molecule has 9 rings (SSSR count). The molecule has 1 saturated heterocycles. The third kappa shape index (κ3) is 1.88. The van der Waals surface area contributed by atoms with Gasteiger partial charge in [-0.2, -0.15) is 0 Å². The van der Waals surface area contributed by atoms with Crippen molar-refractivity contribution in [3.63, 3.8) is 0 Å². The Bertz CT molecular complexity index is 1330. The quantitative estimate of drug-likeness (QED) is 0.643. The maximum Gasteiger partial charge on any atom is 0.0975 e. The van der Waals surface area contributed by atoms with Crippen molar-refractivity contribution in [1.82, 2.24) is 4.98 Å². The summed E-state index contributed by atoms with van der Waals surface area (Å²) in [5.74, 6) is 2.41. The van der Waals surface area contributed by atoms with Gasteiger partial charge in [0.2, 0.25) is 0 Å². The van der Waals surface area contributed by atoms with E-state index in [-0.39, 0.29) is 28.1 Å². The summed E-state index contributed by atoms with van der Waals surface area (Å²) >= 11 is 0. The van der Waals surface area contributed by atoms with Crippen LogP contribution >= 0.6 is 0 Å². The summed E-state index contributed by atoms with van der Waals surface area (Å²) in [5.41, 5.74) is 4.76. The third-order valence-electron chi connectivity index (χ3n) is 11.8. The van der Waals surface area contributed by atoms with Crippen molar-refractivity contribution < 1.29 is 9.84 Å². The first-order valence-corrected chi connectivity index (χ1v) is 13.1. The number of pyridine rings is 1. The number of aliphatic hydroxyl groups is 1. The van der Waals surface area contributed by atoms with Crippen molar-refractivity contribution in [1.29, 1.82) is 0 Å². The monoisotopic (exact) mass is 437 g/mol. The number of hydrogen-bond acceptors (Lipinski definition) is 3. The molecule has 1 unspecified atom stereocenters. The Hall–Kier alpha value is -1.97. The third-order valence-corrected chi connectivity index (χ3v) is 11.8. The molecule has 3 nitrogen and oxygen atoms in total. The number of ether oxygens (including phenoxy) is 1. The number of benzene rings is 1. The predicted octanol–water partition coefficient (Wildman–Crippen LogP) is 5.48. The molecule has 3 heterocycles. The molecule has 168 valence electrons. The van der Waals surface area contributed by atoms with Crippen molar-refractivity contribution in [3.8, 4) is 0 Å². The standard InChI is InChI=1S/C30H31NO2/c1-27-6-4-20-11-24-22-13-23(22)25(32)15-28(24)7-8-30(20,33-28)26(27)12-21-14-29(21,27)19-3-2-17-5-9-31-16-18(17)10-19/h2-5,9-11,16,21-23,25-26,32H,6-8,12-15H2,1H3/t21-,22-,23+,25-,26+,27-,28+,29-,30?/m0/s1. The maximum atomic E-state index is 10.8. The fourth-order valence-corrected chi connectivity index (χ4v) is 10.1. The smallest absolute Gasteiger partial charge is 0.0975 e. The van der Waals surface area contributed by atoms with Crippen LogP contribution in [0, 0.1) is 29.1 Å². The number of aromatic nitrogens is 1. The van der Waals surface area contributed by atoms with Crippen molar-refractivity contribution in [3.05, 3.63) is 65.5 Å². The number of rotatable bonds is 1. The molecule has 2 spiro atoms. The van der Waals surface area contributed by atoms with Gasteiger partial charge in [-0.1, -0.05) is 31.2 Å². The van der Waals surface area contributed by atoms with Crippen LogP contribution < -0.4 is 0 Å². The molecular weight excluding hydrogens is 406 g/mol. The van der Waals surface area contributed by atoms with Crippen molar-refractivity contribution in [2.45, 2.75) is 74.6 Å². The Morgan fingerprint density at radius 1 is 1.09 bits per heavy atom. The average molecular weight is 438 g/mol. The minimum absolute atomic E-state index is 0.128. The highest BCUT2D eigenvalue weighted by Crippen LogP contribution is 2.81. The molecule has 9 atom stereocenters. The van der Waals surface area contributed by atoms with E-state index in [1.807, 2.05) is 12.4 Å². The van der Waals surface area contributed by atoms with E-state index in [9.17, 15) is 5.11 Å². The Balaban J connectivity index is 1.18. The summed E-state index contributed by atoms with van der Waals surface area (Å²) in [4.78, 5) is 4.40. The number of allylic oxidation sites excluding steroid dienone is 1. The molecule has 33 heavy (non-hydrogen) atoms. The number of aliphatic hydroxyl groups excluding tert-OH is 1. The molecule has 1 aromatic heterocycles. The number of hydrogen-bond donors (Lipinski definition) is 1. The SMILES string of the molecule is C[C@]12CC=C3C=C4[C@H]5C[C@H]5[C@@H](O)C[C@]45CCC3(O5)[C@@H]1C[C@H]1C[C@]12c1ccc2ccncc2c1. The number of fused-ring (bicyclic) bond motifs is 6. The molecule has 2 bridgehead atoms. The second kappa shape index (κ2) is 5.31. The molecule has 2 aromatic rings. The average Bonchev–Trinajstić information content (AvgIpc) is 3.72. The lowest BCUT2D eigenvalue weighted by Crippen LogP contribution is -2.56. The molecular formula is C30H31NO2. The second-order valence-corrected chi connectivity index (χ2v) is 12.7. The van der Waals surface area contributed by atoms with Gasteiger partial charge in [0, 0.05) is 29.6 Å². The fourth-order valence-electron chi connectivity index (χ4n) is 10.1. The molecule has 7 aliphatic rings. The van der Waals surface area contributed by atoms with Crippen molar-refractivity contribution >= 4 is 10.8 Å². The minimum Gasteiger partial charge on any atom is -0.393 e. The molecule has 5 fully saturated rings. The first kappa shape index (κ1) is 18.4. The van der Waals surface area contributed by atoms with Gasteiger partial charge in [0.15, 0.2) is 0 Å². The van der Waals surface area contributed by atoms with Crippen LogP contribution in [0.3, 0.4) is 0 Å². The Labute approximate surface area is 194 Å². The van der Waals surface area contributed by atoms with Crippen LogP contribution in [0.2, 0.25) is 0 Å². The Morgan fingerprint density at radius 3 is 2.97 bits per heavy atom. The molecule has 5 aliphatic carbocycles. The van der Waals surface area contributed by atoms with Crippen molar-refractivity contribution in [2.75, 3.05) is 0 Å². The molecule has 0 radical (unpaired) electrons. The van der Waals surface area contributed by atoms with Crippen LogP contribution in [0.5, 0.6) is 0 Å². The van der Waals surface area contributed by atoms with Gasteiger partial charge in [0.05, 0.1) is 17.3 Å². The van der Waals surface area contributed by atoms with Gasteiger partial charge in [0.25, 0.3) is 0 Å². The maximum absolute atomic E-state index is 10.8. The van der Waals surface area contributed by atoms with Crippen LogP contribution in [0.4, 0.5) is 0 Å². The zero-order valence-corrected chi connectivity index (χ0v) is 19.3. The summed E-state index contributed by atoms with van der Waals surface area (Å²) in [6, 6.07) is 9.28. The summed E-state index contributed by atoms with van der Waals surface area (Å²) < 4.78 is 7.34. The van der Waals surface area contributed by atoms with Gasteiger partial charge < -0.3 is 9.84 Å². The lowest BCUT2D eigenvalue weighted by molar-refractivity contribution is -0.150. The van der Waals surface area contributed by atoms with E-state index < -0.39 is 0 Å². The van der Waals surface area contributed by atoms with Gasteiger partial charge >= 0.3 is 0 Å². The Kier molecular flexibility index (Phi) is 2.96. The van der Waals surface area contributed by atoms with E-state index in [0.29, 0.717) is 17.8 Å². The highest BCUT2D eigenvalue weighted by atomic mass is 16.5. The highest BCUT2D eigenvalue weighted by molar-refractivity contribution is 5.82. The predicted molar refractivity (Wildman–Crippen MR) is 127 cm³/mol. The van der Waals surface area contributed by atoms with Gasteiger partial charge in [0.1, 0.15) is 0 Å². The van der Waals surface area contributed by atoms with Crippen LogP contribution in [-0.2, 0) is 10.2 Å². The molecule has 1 N–H and O–H groups in total. The zero-order chi connectivity index (χ0) is 21.8. The summed E-state index contributed by atoms with van der Waals surface area (Å²) in [5, 5.41) is 13.4. The lowest BCUT2D eigenvalue weighted by Gasteiger charge is -2.55. The second-order valence-electron chi connectivity index (χ2n) is 12.7. The fraction of sp³-hybridized carbons (Fsp3) is 0.567. The van der Waals surface area contributed by atoms with Gasteiger partial charge in [-0.3, -0.25) is 4.98 Å². The van der Waals surface area contributed by atoms with E-state index in [1.54, 1.807) is 5.57 Å². The summed E-state index contributed by atoms with van der Waals surface area (Å²) in [6.45, 7) is 2.58. The van der Waals surface area contributed by atoms with Gasteiger partial charge in [-0.25, -0.2) is 0 Å². The van der Waals surface area contributed by atoms with E-state index in [2.05, 4.69) is 48.3 Å². The molecule has 0 amide bonds. The van der Waals surface area contributed by atoms with E-state index in [4.69, 9.17) is 4.74 Å². The zero-order valence-electron chi connectivity index (χ0n) is 19.3. The first-order valence-electron chi connectivity index (χ1n) is 13.1.